The maximum Gasteiger partial charge on any atom is 0.258 e. The Morgan fingerprint density at radius 2 is 1.76 bits per heavy atom. The highest BCUT2D eigenvalue weighted by Gasteiger charge is 2.24. The molecule has 2 heterocycles. The lowest BCUT2D eigenvalue weighted by atomic mass is 10.0. The summed E-state index contributed by atoms with van der Waals surface area (Å²) in [6.45, 7) is 2.78. The number of allylic oxidation sites excluding steroid dienone is 3. The number of para-hydroxylation sites is 2. The van der Waals surface area contributed by atoms with E-state index in [0.29, 0.717) is 37.1 Å². The number of benzene rings is 3. The summed E-state index contributed by atoms with van der Waals surface area (Å²) in [5.74, 6) is 0.783. The van der Waals surface area contributed by atoms with Crippen LogP contribution in [0.25, 0.3) is 11.1 Å². The minimum absolute atomic E-state index is 0.0886. The molecule has 41 heavy (non-hydrogen) atoms. The summed E-state index contributed by atoms with van der Waals surface area (Å²) in [7, 11) is 1.65. The summed E-state index contributed by atoms with van der Waals surface area (Å²) < 4.78 is 5.51. The number of aromatic nitrogens is 1. The molecule has 206 valence electrons. The molecule has 0 atom stereocenters. The third-order valence-electron chi connectivity index (χ3n) is 7.25. The average Bonchev–Trinajstić information content (AvgIpc) is 3.22. The smallest absolute Gasteiger partial charge is 0.258 e. The summed E-state index contributed by atoms with van der Waals surface area (Å²) in [5, 5.41) is 3.46. The van der Waals surface area contributed by atoms with Gasteiger partial charge in [-0.15, -0.1) is 0 Å². The fourth-order valence-corrected chi connectivity index (χ4v) is 4.89. The van der Waals surface area contributed by atoms with Crippen LogP contribution in [0, 0.1) is 0 Å². The van der Waals surface area contributed by atoms with Crippen LogP contribution in [0.1, 0.15) is 34.8 Å². The number of fused-ring (bicyclic) bond motifs is 1. The Hall–Kier alpha value is -4.97. The number of methoxy groups -OCH3 is 1. The molecule has 0 saturated heterocycles. The minimum atomic E-state index is -0.0909. The van der Waals surface area contributed by atoms with Crippen molar-refractivity contribution < 1.29 is 14.3 Å². The van der Waals surface area contributed by atoms with E-state index >= 15 is 0 Å². The van der Waals surface area contributed by atoms with Crippen LogP contribution >= 0.6 is 0 Å². The Morgan fingerprint density at radius 1 is 0.976 bits per heavy atom. The van der Waals surface area contributed by atoms with Gasteiger partial charge in [0.1, 0.15) is 5.75 Å². The maximum absolute atomic E-state index is 13.9. The van der Waals surface area contributed by atoms with Crippen molar-refractivity contribution in [3.05, 3.63) is 137 Å². The van der Waals surface area contributed by atoms with Crippen molar-refractivity contribution in [3.8, 4) is 16.9 Å². The summed E-state index contributed by atoms with van der Waals surface area (Å²) in [6.07, 6.45) is 8.35. The van der Waals surface area contributed by atoms with E-state index in [9.17, 15) is 9.59 Å². The van der Waals surface area contributed by atoms with Crippen LogP contribution < -0.4 is 15.0 Å². The molecule has 3 aromatic carbocycles. The van der Waals surface area contributed by atoms with Crippen molar-refractivity contribution in [1.82, 2.24) is 10.3 Å². The monoisotopic (exact) mass is 543 g/mol. The molecule has 0 radical (unpaired) electrons. The first-order valence-electron chi connectivity index (χ1n) is 13.7. The number of amides is 1. The summed E-state index contributed by atoms with van der Waals surface area (Å²) in [5.41, 5.74) is 7.03. The van der Waals surface area contributed by atoms with Gasteiger partial charge in [-0.25, -0.2) is 0 Å². The molecule has 6 nitrogen and oxygen atoms in total. The molecule has 5 rings (SSSR count). The number of ether oxygens (including phenoxy) is 1. The van der Waals surface area contributed by atoms with Crippen LogP contribution in [0.5, 0.6) is 5.75 Å². The van der Waals surface area contributed by atoms with Crippen molar-refractivity contribution in [1.29, 1.82) is 0 Å². The topological polar surface area (TPSA) is 71.5 Å². The Labute approximate surface area is 241 Å². The van der Waals surface area contributed by atoms with E-state index in [1.807, 2.05) is 104 Å². The zero-order valence-corrected chi connectivity index (χ0v) is 23.3. The van der Waals surface area contributed by atoms with Crippen LogP contribution in [-0.4, -0.2) is 30.3 Å². The van der Waals surface area contributed by atoms with E-state index < -0.39 is 0 Å². The highest BCUT2D eigenvalue weighted by molar-refractivity contribution is 6.07. The van der Waals surface area contributed by atoms with Crippen molar-refractivity contribution in [2.75, 3.05) is 18.6 Å². The molecule has 0 bridgehead atoms. The Kier molecular flexibility index (Phi) is 8.70. The normalized spacial score (nSPS) is 14.1. The minimum Gasteiger partial charge on any atom is -0.496 e. The van der Waals surface area contributed by atoms with E-state index in [0.717, 1.165) is 39.4 Å². The molecule has 1 aliphatic heterocycles. The van der Waals surface area contributed by atoms with E-state index in [-0.39, 0.29) is 11.7 Å². The SMILES string of the molecule is COc1ccccc1-c1ccc(C(=O)N2C/C(=C/C=C(\C)C(=O)CCc3cccnc3)NCc3ccccc32)cc1. The number of pyridine rings is 1. The van der Waals surface area contributed by atoms with Gasteiger partial charge in [0.25, 0.3) is 5.91 Å². The first-order valence-corrected chi connectivity index (χ1v) is 13.7. The van der Waals surface area contributed by atoms with Gasteiger partial charge in [-0.1, -0.05) is 60.7 Å². The van der Waals surface area contributed by atoms with Crippen LogP contribution in [0.2, 0.25) is 0 Å². The third kappa shape index (κ3) is 6.61. The summed E-state index contributed by atoms with van der Waals surface area (Å²) in [4.78, 5) is 32.5. The van der Waals surface area contributed by atoms with E-state index in [1.54, 1.807) is 24.4 Å². The number of nitrogens with zero attached hydrogens (tertiary/aromatic N) is 2. The molecule has 1 aliphatic rings. The molecule has 0 saturated carbocycles. The number of hydrogen-bond acceptors (Lipinski definition) is 5. The van der Waals surface area contributed by atoms with Crippen LogP contribution in [0.3, 0.4) is 0 Å². The first kappa shape index (κ1) is 27.6. The maximum atomic E-state index is 13.9. The van der Waals surface area contributed by atoms with Gasteiger partial charge in [-0.05, 0) is 72.0 Å². The molecule has 0 fully saturated rings. The molecule has 1 N–H and O–H groups in total. The Balaban J connectivity index is 1.35. The third-order valence-corrected chi connectivity index (χ3v) is 7.25. The van der Waals surface area contributed by atoms with E-state index in [4.69, 9.17) is 4.74 Å². The molecule has 6 heteroatoms. The quantitative estimate of drug-likeness (QED) is 0.256. The van der Waals surface area contributed by atoms with Crippen molar-refractivity contribution in [2.45, 2.75) is 26.3 Å². The summed E-state index contributed by atoms with van der Waals surface area (Å²) >= 11 is 0. The van der Waals surface area contributed by atoms with E-state index in [2.05, 4.69) is 10.3 Å². The molecule has 0 aliphatic carbocycles. The second-order valence-corrected chi connectivity index (χ2v) is 9.98. The highest BCUT2D eigenvalue weighted by atomic mass is 16.5. The van der Waals surface area contributed by atoms with Gasteiger partial charge in [-0.2, -0.15) is 0 Å². The largest absolute Gasteiger partial charge is 0.496 e. The van der Waals surface area contributed by atoms with E-state index in [1.165, 1.54) is 0 Å². The summed E-state index contributed by atoms with van der Waals surface area (Å²) in [6, 6.07) is 27.2. The highest BCUT2D eigenvalue weighted by Crippen LogP contribution is 2.31. The fourth-order valence-electron chi connectivity index (χ4n) is 4.89. The van der Waals surface area contributed by atoms with Gasteiger partial charge in [0, 0.05) is 47.9 Å². The van der Waals surface area contributed by atoms with Gasteiger partial charge in [-0.3, -0.25) is 14.6 Å². The predicted octanol–water partition coefficient (Wildman–Crippen LogP) is 6.54. The molecular formula is C35H33N3O3. The number of Topliss-reactive ketones (excluding diaryl/α,β-unsaturated/α-hetero) is 1. The van der Waals surface area contributed by atoms with Crippen LogP contribution in [-0.2, 0) is 17.8 Å². The Bertz CT molecular complexity index is 1590. The molecule has 1 amide bonds. The number of carbonyl (C=O) groups excluding carboxylic acids is 2. The number of ketones is 1. The zero-order valence-electron chi connectivity index (χ0n) is 23.3. The second kappa shape index (κ2) is 12.9. The number of nitrogens with one attached hydrogen (secondary N) is 1. The number of rotatable bonds is 8. The lowest BCUT2D eigenvalue weighted by Gasteiger charge is -2.23. The van der Waals surface area contributed by atoms with Gasteiger partial charge >= 0.3 is 0 Å². The van der Waals surface area contributed by atoms with Gasteiger partial charge in [0.05, 0.1) is 13.7 Å². The average molecular weight is 544 g/mol. The molecule has 0 spiro atoms. The lowest BCUT2D eigenvalue weighted by molar-refractivity contribution is -0.115. The number of aryl methyl sites for hydroxylation is 1. The van der Waals surface area contributed by atoms with Gasteiger partial charge in [0.2, 0.25) is 0 Å². The van der Waals surface area contributed by atoms with Crippen LogP contribution in [0.15, 0.2) is 121 Å². The molecule has 1 aromatic heterocycles. The lowest BCUT2D eigenvalue weighted by Crippen LogP contribution is -2.33. The molecule has 4 aromatic rings. The zero-order chi connectivity index (χ0) is 28.6. The Morgan fingerprint density at radius 3 is 2.54 bits per heavy atom. The second-order valence-electron chi connectivity index (χ2n) is 9.98. The van der Waals surface area contributed by atoms with Gasteiger partial charge < -0.3 is 15.0 Å². The van der Waals surface area contributed by atoms with Crippen molar-refractivity contribution in [3.63, 3.8) is 0 Å². The fraction of sp³-hybridized carbons (Fsp3) is 0.171. The van der Waals surface area contributed by atoms with Crippen molar-refractivity contribution >= 4 is 17.4 Å². The van der Waals surface area contributed by atoms with Gasteiger partial charge in [0.15, 0.2) is 5.78 Å². The van der Waals surface area contributed by atoms with Crippen LogP contribution in [0.4, 0.5) is 5.69 Å². The molecular weight excluding hydrogens is 510 g/mol. The number of anilines is 1. The first-order chi connectivity index (χ1) is 20.0. The molecule has 0 unspecified atom stereocenters. The number of carbonyl (C=O) groups is 2. The standard InChI is InChI=1S/C35H33N3O3/c1-25(33(39)20-14-26-8-7-21-36-22-26)13-19-30-24-38(32-11-5-3-9-29(32)23-37-30)35(40)28-17-15-27(16-18-28)31-10-4-6-12-34(31)41-2/h3-13,15-19,21-22,37H,14,20,23-24H2,1-2H3/b25-13+,30-19-. The predicted molar refractivity (Wildman–Crippen MR) is 163 cm³/mol. The number of hydrogen-bond donors (Lipinski definition) is 1. The van der Waals surface area contributed by atoms with Crippen molar-refractivity contribution in [2.24, 2.45) is 0 Å².